The molecule has 0 aromatic carbocycles. The maximum Gasteiger partial charge on any atom is 0.481 e. The summed E-state index contributed by atoms with van der Waals surface area (Å²) in [6.07, 6.45) is 35.0. The molecule has 0 radical (unpaired) electrons. The van der Waals surface area contributed by atoms with Gasteiger partial charge in [-0.25, -0.2) is 13.9 Å². The fourth-order valence-corrected chi connectivity index (χ4v) is 10.2. The monoisotopic (exact) mass is 1100 g/mol. The average Bonchev–Trinajstić information content (AvgIpc) is 3.63. The van der Waals surface area contributed by atoms with Gasteiger partial charge in [-0.2, -0.15) is 9.29 Å². The molecule has 19 nitrogen and oxygen atoms in total. The first-order chi connectivity index (χ1) is 35.9. The van der Waals surface area contributed by atoms with E-state index < -0.39 is 89.8 Å². The van der Waals surface area contributed by atoms with E-state index in [1.807, 2.05) is 30.4 Å². The summed E-state index contributed by atoms with van der Waals surface area (Å²) in [5, 5.41) is 31.0. The fourth-order valence-electron chi connectivity index (χ4n) is 8.11. The Morgan fingerprint density at radius 1 is 0.747 bits per heavy atom. The molecule has 2 rings (SSSR count). The highest BCUT2D eigenvalue weighted by Gasteiger charge is 2.46. The largest absolute Gasteiger partial charge is 0.481 e. The molecule has 7 N–H and O–H groups in total. The van der Waals surface area contributed by atoms with Crippen molar-refractivity contribution in [1.82, 2.24) is 9.55 Å². The van der Waals surface area contributed by atoms with Crippen LogP contribution in [0.2, 0.25) is 0 Å². The summed E-state index contributed by atoms with van der Waals surface area (Å²) in [5.74, 6) is -0.598. The topological polar surface area (TPSA) is 286 Å². The van der Waals surface area contributed by atoms with Gasteiger partial charge in [0.2, 0.25) is 0 Å². The zero-order chi connectivity index (χ0) is 55.2. The van der Waals surface area contributed by atoms with E-state index in [4.69, 9.17) is 29.0 Å². The molecule has 0 bridgehead atoms. The van der Waals surface area contributed by atoms with E-state index in [1.54, 1.807) is 12.2 Å². The van der Waals surface area contributed by atoms with Gasteiger partial charge in [0.25, 0.3) is 0 Å². The lowest BCUT2D eigenvalue weighted by Gasteiger charge is -2.21. The highest BCUT2D eigenvalue weighted by atomic mass is 31.3. The van der Waals surface area contributed by atoms with Gasteiger partial charge in [-0.1, -0.05) is 185 Å². The third-order valence-corrected chi connectivity index (χ3v) is 15.0. The number of phosphoric acid groups is 2. The quantitative estimate of drug-likeness (QED) is 0.0116. The van der Waals surface area contributed by atoms with Crippen LogP contribution in [0.1, 0.15) is 200 Å². The Morgan fingerprint density at radius 2 is 1.33 bits per heavy atom. The average molecular weight is 1100 g/mol. The van der Waals surface area contributed by atoms with Gasteiger partial charge in [-0.3, -0.25) is 23.2 Å². The van der Waals surface area contributed by atoms with Crippen LogP contribution < -0.4 is 11.4 Å². The number of nitrogens with zero attached hydrogens (tertiary/aromatic N) is 2. The number of phosphoric ester groups is 2. The van der Waals surface area contributed by atoms with Crippen LogP contribution in [0.15, 0.2) is 65.7 Å². The molecule has 1 saturated heterocycles. The Balaban J connectivity index is 1.80. The number of aliphatic hydroxyl groups excluding tert-OH is 3. The summed E-state index contributed by atoms with van der Waals surface area (Å²) < 4.78 is 56.8. The number of carbonyl (C=O) groups excluding carboxylic acids is 2. The number of unbranched alkanes of at least 4 members (excludes halogenated alkanes) is 19. The molecular formula is C54H93N3O16P2. The Morgan fingerprint density at radius 3 is 1.96 bits per heavy atom. The second-order valence-electron chi connectivity index (χ2n) is 19.8. The molecule has 0 saturated carbocycles. The molecule has 2 unspecified atom stereocenters. The molecule has 1 aliphatic heterocycles. The summed E-state index contributed by atoms with van der Waals surface area (Å²) in [6, 6.07) is 1.24. The van der Waals surface area contributed by atoms with Crippen molar-refractivity contribution in [2.45, 2.75) is 231 Å². The number of rotatable bonds is 45. The number of nitrogens with two attached hydrogens (primary N) is 1. The minimum atomic E-state index is -5.45. The van der Waals surface area contributed by atoms with Gasteiger partial charge in [0, 0.05) is 19.0 Å². The summed E-state index contributed by atoms with van der Waals surface area (Å²) in [5.41, 5.74) is 4.59. The summed E-state index contributed by atoms with van der Waals surface area (Å²) in [6.45, 7) is 4.35. The second-order valence-corrected chi connectivity index (χ2v) is 22.8. The fraction of sp³-hybridized carbons (Fsp3) is 0.741. The van der Waals surface area contributed by atoms with Crippen LogP contribution in [0.4, 0.5) is 5.82 Å². The van der Waals surface area contributed by atoms with Gasteiger partial charge in [-0.05, 0) is 56.9 Å². The number of allylic oxidation sites excluding steroid dienone is 6. The number of aliphatic hydroxyl groups is 3. The Kier molecular flexibility index (Phi) is 36.9. The van der Waals surface area contributed by atoms with E-state index in [0.29, 0.717) is 32.1 Å². The molecule has 75 heavy (non-hydrogen) atoms. The first-order valence-electron chi connectivity index (χ1n) is 27.6. The molecule has 1 aromatic heterocycles. The smallest absolute Gasteiger partial charge is 0.462 e. The van der Waals surface area contributed by atoms with E-state index in [9.17, 15) is 48.6 Å². The van der Waals surface area contributed by atoms with Gasteiger partial charge in [-0.15, -0.1) is 0 Å². The van der Waals surface area contributed by atoms with Gasteiger partial charge in [0.05, 0.1) is 19.3 Å². The first-order valence-corrected chi connectivity index (χ1v) is 30.6. The number of aromatic nitrogens is 2. The van der Waals surface area contributed by atoms with E-state index in [-0.39, 0.29) is 18.7 Å². The van der Waals surface area contributed by atoms with Crippen molar-refractivity contribution in [2.75, 3.05) is 25.6 Å². The SMILES string of the molecule is CCCCC/C=C\C[C@@H](O)/C=C/C=C\C/C=C\CCCC(=O)OC[C@H](COP(=O)(O)OP(=O)(O)OC[C@H]1O[C@@H](n2ccc(N)nc2=O)[C@H](O)[C@@H]1O)OC(=O)CCCCCCCCCCCCCCCCCCC(C)C. The summed E-state index contributed by atoms with van der Waals surface area (Å²) in [7, 11) is -10.9. The highest BCUT2D eigenvalue weighted by molar-refractivity contribution is 7.61. The molecule has 0 amide bonds. The molecule has 1 fully saturated rings. The predicted molar refractivity (Wildman–Crippen MR) is 290 cm³/mol. The van der Waals surface area contributed by atoms with Crippen molar-refractivity contribution in [3.8, 4) is 0 Å². The molecule has 2 heterocycles. The lowest BCUT2D eigenvalue weighted by Crippen LogP contribution is -2.36. The zero-order valence-corrected chi connectivity index (χ0v) is 46.9. The van der Waals surface area contributed by atoms with Gasteiger partial charge < -0.3 is 45.1 Å². The number of ether oxygens (including phenoxy) is 3. The van der Waals surface area contributed by atoms with Crippen molar-refractivity contribution >= 4 is 33.4 Å². The minimum absolute atomic E-state index is 0.0195. The molecule has 1 aliphatic rings. The standard InChI is InChI=1S/C54H93N3O16P2/c1-4-5-6-7-25-30-35-45(58)36-31-26-21-18-19-22-27-32-37-49(59)68-41-46(71-50(60)38-33-28-23-17-15-13-11-9-8-10-12-14-16-20-24-29-34-44(2)3)42-69-74(64,65)73-75(66,67)70-43-47-51(61)52(62)53(72-47)57-40-39-48(55)56-54(57)63/h19,21-22,25-26,30-31,36,39-40,44-47,51-53,58,61-62H,4-18,20,23-24,27-29,32-35,37-38,41-43H2,1-3H3,(H,64,65)(H,66,67)(H2,55,56,63)/b22-19-,26-21-,30-25-,36-31+/t45-,46-,47-,51-,52-,53-/m1/s1. The van der Waals surface area contributed by atoms with Crippen LogP contribution in [0.25, 0.3) is 0 Å². The second kappa shape index (κ2) is 40.8. The van der Waals surface area contributed by atoms with E-state index in [1.165, 1.54) is 96.0 Å². The van der Waals surface area contributed by atoms with Crippen molar-refractivity contribution in [2.24, 2.45) is 5.92 Å². The van der Waals surface area contributed by atoms with Crippen LogP contribution >= 0.6 is 15.6 Å². The predicted octanol–water partition coefficient (Wildman–Crippen LogP) is 10.9. The van der Waals surface area contributed by atoms with Gasteiger partial charge in [0.1, 0.15) is 30.7 Å². The maximum atomic E-state index is 12.9. The van der Waals surface area contributed by atoms with Crippen LogP contribution in [0.5, 0.6) is 0 Å². The van der Waals surface area contributed by atoms with Crippen molar-refractivity contribution in [3.63, 3.8) is 0 Å². The molecule has 21 heteroatoms. The number of anilines is 1. The number of nitrogen functional groups attached to an aromatic ring is 1. The number of hydrogen-bond acceptors (Lipinski definition) is 16. The lowest BCUT2D eigenvalue weighted by molar-refractivity contribution is -0.161. The number of hydrogen-bond donors (Lipinski definition) is 6. The van der Waals surface area contributed by atoms with Crippen LogP contribution in [-0.2, 0) is 46.3 Å². The first kappa shape index (κ1) is 67.8. The maximum absolute atomic E-state index is 12.9. The molecule has 1 aromatic rings. The van der Waals surface area contributed by atoms with Crippen molar-refractivity contribution < 1.29 is 71.4 Å². The van der Waals surface area contributed by atoms with Crippen molar-refractivity contribution in [1.29, 1.82) is 0 Å². The summed E-state index contributed by atoms with van der Waals surface area (Å²) in [4.78, 5) is 62.0. The lowest BCUT2D eigenvalue weighted by atomic mass is 10.0. The summed E-state index contributed by atoms with van der Waals surface area (Å²) >= 11 is 0. The van der Waals surface area contributed by atoms with E-state index in [2.05, 4.69) is 36.1 Å². The van der Waals surface area contributed by atoms with Crippen molar-refractivity contribution in [3.05, 3.63) is 71.4 Å². The molecule has 0 aliphatic carbocycles. The normalized spacial score (nSPS) is 19.6. The Bertz CT molecular complexity index is 1980. The number of carbonyl (C=O) groups is 2. The third kappa shape index (κ3) is 34.2. The Labute approximate surface area is 446 Å². The highest BCUT2D eigenvalue weighted by Crippen LogP contribution is 2.60. The third-order valence-electron chi connectivity index (χ3n) is 12.4. The molecule has 8 atom stereocenters. The number of esters is 2. The molecule has 0 spiro atoms. The van der Waals surface area contributed by atoms with E-state index in [0.717, 1.165) is 55.2 Å². The van der Waals surface area contributed by atoms with E-state index >= 15 is 0 Å². The zero-order valence-electron chi connectivity index (χ0n) is 45.1. The Hall–Kier alpha value is -3.32. The molecular weight excluding hydrogens is 1010 g/mol. The van der Waals surface area contributed by atoms with Gasteiger partial charge >= 0.3 is 33.3 Å². The molecule has 430 valence electrons. The van der Waals surface area contributed by atoms with Gasteiger partial charge in [0.15, 0.2) is 12.3 Å². The van der Waals surface area contributed by atoms with Crippen LogP contribution in [-0.4, -0.2) is 96.9 Å². The minimum Gasteiger partial charge on any atom is -0.462 e. The van der Waals surface area contributed by atoms with Crippen LogP contribution in [0, 0.1) is 5.92 Å². The van der Waals surface area contributed by atoms with Crippen LogP contribution in [0.3, 0.4) is 0 Å².